The molecule has 0 unspecified atom stereocenters. The van der Waals surface area contributed by atoms with Crippen molar-refractivity contribution in [3.63, 3.8) is 0 Å². The van der Waals surface area contributed by atoms with E-state index >= 15 is 0 Å². The van der Waals surface area contributed by atoms with Crippen molar-refractivity contribution < 1.29 is 12.4 Å². The maximum atomic E-state index is 14.4. The van der Waals surface area contributed by atoms with Gasteiger partial charge in [0.15, 0.2) is 0 Å². The van der Waals surface area contributed by atoms with Crippen LogP contribution in [-0.4, -0.2) is 5.97 Å². The molecule has 0 heterocycles. The van der Waals surface area contributed by atoms with Gasteiger partial charge in [0.1, 0.15) is 0 Å². The molecule has 1 aromatic carbocycles. The monoisotopic (exact) mass is 420 g/mol. The fourth-order valence-electron chi connectivity index (χ4n) is 2.10. The summed E-state index contributed by atoms with van der Waals surface area (Å²) in [6, 6.07) is 9.16. The Bertz CT molecular complexity index is 459. The summed E-state index contributed by atoms with van der Waals surface area (Å²) in [4.78, 5) is 11.2. The Hall–Kier alpha value is -0.910. The van der Waals surface area contributed by atoms with Crippen molar-refractivity contribution in [2.75, 3.05) is 0 Å². The summed E-state index contributed by atoms with van der Waals surface area (Å²) in [6.07, 6.45) is 7.63. The van der Waals surface area contributed by atoms with Crippen molar-refractivity contribution in [1.82, 2.24) is 0 Å². The predicted octanol–water partition coefficient (Wildman–Crippen LogP) is 6.40. The Morgan fingerprint density at radius 2 is 1.77 bits per heavy atom. The second-order valence-electron chi connectivity index (χ2n) is 5.25. The van der Waals surface area contributed by atoms with Crippen LogP contribution in [0.5, 0.6) is 0 Å². The molecule has 0 aliphatic rings. The van der Waals surface area contributed by atoms with Gasteiger partial charge in [0, 0.05) is 0 Å². The Morgan fingerprint density at radius 3 is 2.41 bits per heavy atom. The molecule has 0 atom stereocenters. The van der Waals surface area contributed by atoms with E-state index in [0.29, 0.717) is 12.2 Å². The predicted molar refractivity (Wildman–Crippen MR) is 98.1 cm³/mol. The summed E-state index contributed by atoms with van der Waals surface area (Å²) < 4.78 is 21.9. The molecule has 2 nitrogen and oxygen atoms in total. The van der Waals surface area contributed by atoms with Gasteiger partial charge in [-0.25, -0.2) is 0 Å². The Balaban J connectivity index is 2.52. The van der Waals surface area contributed by atoms with Crippen LogP contribution in [0.4, 0.5) is 2.86 Å². The summed E-state index contributed by atoms with van der Waals surface area (Å²) in [6.45, 7) is 3.56. The molecule has 0 saturated heterocycles. The molecule has 0 fully saturated rings. The van der Waals surface area contributed by atoms with Gasteiger partial charge in [-0.2, -0.15) is 0 Å². The van der Waals surface area contributed by atoms with Crippen molar-refractivity contribution in [3.05, 3.63) is 43.7 Å². The number of carbonyl (C=O) groups is 1. The molecule has 1 aromatic rings. The van der Waals surface area contributed by atoms with Gasteiger partial charge in [0.2, 0.25) is 0 Å². The fraction of sp³-hybridized carbons (Fsp3) is 0.500. The van der Waals surface area contributed by atoms with E-state index in [-0.39, 0.29) is 5.97 Å². The molecule has 0 saturated carbocycles. The Kier molecular flexibility index (Phi) is 10.1. The second-order valence-corrected chi connectivity index (χ2v) is 8.62. The van der Waals surface area contributed by atoms with Crippen molar-refractivity contribution in [1.29, 1.82) is 0 Å². The van der Waals surface area contributed by atoms with Crippen LogP contribution >= 0.6 is 20.4 Å². The SMILES string of the molecule is CCCCCCCC/C(=C/I(F)c1ccccc1)OC(C)=O. The molecule has 0 aliphatic heterocycles. The van der Waals surface area contributed by atoms with Crippen LogP contribution in [0, 0.1) is 3.57 Å². The third kappa shape index (κ3) is 8.51. The second kappa shape index (κ2) is 11.6. The van der Waals surface area contributed by atoms with Gasteiger partial charge in [0.05, 0.1) is 0 Å². The number of esters is 1. The minimum atomic E-state index is -2.87. The third-order valence-electron chi connectivity index (χ3n) is 3.21. The van der Waals surface area contributed by atoms with Crippen molar-refractivity contribution >= 4 is 26.4 Å². The average molecular weight is 420 g/mol. The number of carbonyl (C=O) groups excluding carboxylic acids is 1. The van der Waals surface area contributed by atoms with E-state index in [9.17, 15) is 7.65 Å². The zero-order chi connectivity index (χ0) is 16.2. The normalized spacial score (nSPS) is 12.1. The number of benzene rings is 1. The van der Waals surface area contributed by atoms with E-state index < -0.39 is 20.4 Å². The van der Waals surface area contributed by atoms with Crippen LogP contribution < -0.4 is 0 Å². The molecule has 0 aromatic heterocycles. The summed E-state index contributed by atoms with van der Waals surface area (Å²) in [7, 11) is 0. The molecule has 22 heavy (non-hydrogen) atoms. The number of allylic oxidation sites excluding steroid dienone is 1. The van der Waals surface area contributed by atoms with E-state index in [2.05, 4.69) is 6.92 Å². The molecular formula is C18H26FIO2. The summed E-state index contributed by atoms with van der Waals surface area (Å²) >= 11 is -2.87. The van der Waals surface area contributed by atoms with Gasteiger partial charge < -0.3 is 0 Å². The number of unbranched alkanes of at least 4 members (excludes halogenated alkanes) is 5. The minimum absolute atomic E-state index is 0.366. The first-order valence-electron chi connectivity index (χ1n) is 7.92. The number of halogens is 2. The standard InChI is InChI=1S/C18H26FIO2/c1-3-4-5-6-7-11-14-18(22-16(2)21)15-20(19)17-12-9-8-10-13-17/h8-10,12-13,15H,3-7,11,14H2,1-2H3/b18-15-. The summed E-state index contributed by atoms with van der Waals surface area (Å²) in [5, 5.41) is 0. The van der Waals surface area contributed by atoms with Crippen LogP contribution in [0.2, 0.25) is 0 Å². The number of rotatable bonds is 10. The molecule has 0 bridgehead atoms. The van der Waals surface area contributed by atoms with Gasteiger partial charge in [-0.3, -0.25) is 0 Å². The quantitative estimate of drug-likeness (QED) is 0.189. The van der Waals surface area contributed by atoms with Crippen LogP contribution in [0.15, 0.2) is 40.2 Å². The topological polar surface area (TPSA) is 26.3 Å². The van der Waals surface area contributed by atoms with E-state index in [1.165, 1.54) is 32.6 Å². The third-order valence-corrected chi connectivity index (χ3v) is 6.36. The van der Waals surface area contributed by atoms with Gasteiger partial charge in [-0.1, -0.05) is 0 Å². The zero-order valence-electron chi connectivity index (χ0n) is 13.5. The summed E-state index contributed by atoms with van der Waals surface area (Å²) in [5.41, 5.74) is 0. The van der Waals surface area contributed by atoms with Crippen molar-refractivity contribution in [3.8, 4) is 0 Å². The van der Waals surface area contributed by atoms with Crippen LogP contribution in [-0.2, 0) is 9.53 Å². The Labute approximate surface area is 141 Å². The van der Waals surface area contributed by atoms with E-state index in [1.807, 2.05) is 18.2 Å². The van der Waals surface area contributed by atoms with Gasteiger partial charge in [-0.15, -0.1) is 0 Å². The van der Waals surface area contributed by atoms with Crippen LogP contribution in [0.25, 0.3) is 0 Å². The molecular weight excluding hydrogens is 394 g/mol. The molecule has 0 N–H and O–H groups in total. The fourth-order valence-corrected chi connectivity index (χ4v) is 4.61. The number of hydrogen-bond acceptors (Lipinski definition) is 2. The number of hydrogen-bond donors (Lipinski definition) is 0. The van der Waals surface area contributed by atoms with Crippen molar-refractivity contribution in [2.45, 2.75) is 58.8 Å². The van der Waals surface area contributed by atoms with Crippen LogP contribution in [0.1, 0.15) is 58.8 Å². The molecule has 124 valence electrons. The first-order chi connectivity index (χ1) is 10.6. The van der Waals surface area contributed by atoms with Gasteiger partial charge in [-0.05, 0) is 0 Å². The van der Waals surface area contributed by atoms with Crippen LogP contribution in [0.3, 0.4) is 0 Å². The molecule has 0 spiro atoms. The first-order valence-corrected chi connectivity index (χ1v) is 11.1. The number of ether oxygens (including phenoxy) is 1. The molecule has 0 aliphatic carbocycles. The van der Waals surface area contributed by atoms with E-state index in [1.54, 1.807) is 16.2 Å². The van der Waals surface area contributed by atoms with E-state index in [4.69, 9.17) is 4.74 Å². The maximum absolute atomic E-state index is 14.4. The molecule has 1 rings (SSSR count). The van der Waals surface area contributed by atoms with Gasteiger partial charge >= 0.3 is 141 Å². The molecule has 4 heteroatoms. The first kappa shape index (κ1) is 19.1. The van der Waals surface area contributed by atoms with E-state index in [0.717, 1.165) is 16.4 Å². The molecule has 0 radical (unpaired) electrons. The van der Waals surface area contributed by atoms with Crippen molar-refractivity contribution in [2.24, 2.45) is 0 Å². The zero-order valence-corrected chi connectivity index (χ0v) is 15.6. The van der Waals surface area contributed by atoms with Gasteiger partial charge in [0.25, 0.3) is 0 Å². The average Bonchev–Trinajstić information content (AvgIpc) is 2.51. The Morgan fingerprint density at radius 1 is 1.14 bits per heavy atom. The summed E-state index contributed by atoms with van der Waals surface area (Å²) in [5.74, 6) is 0.147. The molecule has 0 amide bonds.